The fourth-order valence-corrected chi connectivity index (χ4v) is 3.79. The molecule has 0 spiro atoms. The first-order chi connectivity index (χ1) is 16.3. The van der Waals surface area contributed by atoms with Crippen molar-refractivity contribution in [1.82, 2.24) is 15.7 Å². The van der Waals surface area contributed by atoms with Crippen molar-refractivity contribution in [3.8, 4) is 11.3 Å². The molecule has 0 aliphatic rings. The van der Waals surface area contributed by atoms with Crippen LogP contribution >= 0.6 is 0 Å². The average molecular weight is 474 g/mol. The minimum absolute atomic E-state index is 0.0559. The van der Waals surface area contributed by atoms with Crippen molar-refractivity contribution in [2.75, 3.05) is 6.67 Å². The molecule has 1 aromatic heterocycles. The van der Waals surface area contributed by atoms with Gasteiger partial charge in [0.25, 0.3) is 5.91 Å². The zero-order valence-electron chi connectivity index (χ0n) is 19.3. The number of hydrogen-bond donors (Lipinski definition) is 4. The molecule has 0 bridgehead atoms. The summed E-state index contributed by atoms with van der Waals surface area (Å²) >= 11 is 0. The van der Waals surface area contributed by atoms with Crippen LogP contribution in [0.3, 0.4) is 0 Å². The molecule has 34 heavy (non-hydrogen) atoms. The van der Waals surface area contributed by atoms with E-state index >= 15 is 0 Å². The first-order valence-corrected chi connectivity index (χ1v) is 11.2. The van der Waals surface area contributed by atoms with Gasteiger partial charge < -0.3 is 20.2 Å². The first kappa shape index (κ1) is 26.6. The number of benzene rings is 1. The summed E-state index contributed by atoms with van der Waals surface area (Å²) in [5, 5.41) is 24.8. The van der Waals surface area contributed by atoms with Gasteiger partial charge in [-0.05, 0) is 31.0 Å². The van der Waals surface area contributed by atoms with E-state index in [9.17, 15) is 29.5 Å². The van der Waals surface area contributed by atoms with Crippen LogP contribution < -0.4 is 10.6 Å². The summed E-state index contributed by atoms with van der Waals surface area (Å²) in [7, 11) is 0. The molecule has 1 heterocycles. The molecule has 0 unspecified atom stereocenters. The largest absolute Gasteiger partial charge is 0.478 e. The predicted octanol–water partition coefficient (Wildman–Crippen LogP) is 3.27. The Morgan fingerprint density at radius 1 is 1.15 bits per heavy atom. The van der Waals surface area contributed by atoms with Crippen molar-refractivity contribution >= 4 is 24.2 Å². The van der Waals surface area contributed by atoms with E-state index in [0.717, 1.165) is 19.3 Å². The second-order valence-corrected chi connectivity index (χ2v) is 7.84. The summed E-state index contributed by atoms with van der Waals surface area (Å²) in [6, 6.07) is 6.79. The molecule has 2 rings (SSSR count). The van der Waals surface area contributed by atoms with Gasteiger partial charge in [0.15, 0.2) is 0 Å². The Bertz CT molecular complexity index is 988. The van der Waals surface area contributed by atoms with E-state index in [1.54, 1.807) is 19.1 Å². The van der Waals surface area contributed by atoms with Gasteiger partial charge in [-0.3, -0.25) is 19.6 Å². The molecule has 10 nitrogen and oxygen atoms in total. The Labute approximate surface area is 197 Å². The Balaban J connectivity index is 2.05. The Morgan fingerprint density at radius 2 is 1.91 bits per heavy atom. The Kier molecular flexibility index (Phi) is 10.3. The van der Waals surface area contributed by atoms with Crippen LogP contribution in [-0.2, 0) is 9.59 Å². The second kappa shape index (κ2) is 13.1. The number of unbranched alkanes of at least 4 members (excludes halogenated alkanes) is 2. The van der Waals surface area contributed by atoms with Gasteiger partial charge in [-0.1, -0.05) is 45.2 Å². The maximum absolute atomic E-state index is 12.8. The second-order valence-electron chi connectivity index (χ2n) is 7.84. The maximum Gasteiger partial charge on any atom is 0.335 e. The lowest BCUT2D eigenvalue weighted by molar-refractivity contribution is -0.168. The van der Waals surface area contributed by atoms with Crippen molar-refractivity contribution in [3.63, 3.8) is 0 Å². The molecule has 10 heteroatoms. The number of hydroxylamine groups is 2. The van der Waals surface area contributed by atoms with Crippen LogP contribution in [0.25, 0.3) is 11.3 Å². The van der Waals surface area contributed by atoms with Crippen LogP contribution in [-0.4, -0.2) is 52.3 Å². The number of carboxylic acids is 1. The number of nitrogens with one attached hydrogen (secondary N) is 2. The van der Waals surface area contributed by atoms with Gasteiger partial charge >= 0.3 is 5.97 Å². The molecule has 0 aliphatic heterocycles. The fraction of sp³-hybridized carbons (Fsp3) is 0.417. The number of carboxylic acid groups (broad SMARTS) is 1. The van der Waals surface area contributed by atoms with E-state index in [-0.39, 0.29) is 35.9 Å². The van der Waals surface area contributed by atoms with Crippen molar-refractivity contribution in [2.24, 2.45) is 5.92 Å². The van der Waals surface area contributed by atoms with E-state index in [1.807, 2.05) is 6.92 Å². The molecule has 2 aromatic rings. The number of rotatable bonds is 14. The summed E-state index contributed by atoms with van der Waals surface area (Å²) < 4.78 is 5.40. The number of carbonyl (C=O) groups is 4. The third kappa shape index (κ3) is 6.92. The standard InChI is InChI=1S/C24H31N3O7/c1-3-5-6-10-18(20(4-2)27(33)15-28)22(29)25-14-26-23(30)19-11-12-34-21(19)16-8-7-9-17(13-16)24(31)32/h7-9,11-13,15,18,20,33H,3-6,10,14H2,1-2H3,(H,25,29)(H,26,30)(H,31,32)/t18-,20-/m1/s1. The van der Waals surface area contributed by atoms with Gasteiger partial charge in [0, 0.05) is 5.56 Å². The number of carbonyl (C=O) groups excluding carboxylic acids is 3. The third-order valence-electron chi connectivity index (χ3n) is 5.58. The molecule has 3 amide bonds. The van der Waals surface area contributed by atoms with E-state index < -0.39 is 23.8 Å². The Hall–Kier alpha value is -3.66. The lowest BCUT2D eigenvalue weighted by Crippen LogP contribution is -2.47. The molecule has 184 valence electrons. The van der Waals surface area contributed by atoms with Crippen LogP contribution in [0.1, 0.15) is 66.7 Å². The van der Waals surface area contributed by atoms with Gasteiger partial charge in [-0.15, -0.1) is 0 Å². The van der Waals surface area contributed by atoms with E-state index in [2.05, 4.69) is 10.6 Å². The highest BCUT2D eigenvalue weighted by atomic mass is 16.5. The predicted molar refractivity (Wildman–Crippen MR) is 123 cm³/mol. The Morgan fingerprint density at radius 3 is 2.56 bits per heavy atom. The minimum Gasteiger partial charge on any atom is -0.478 e. The molecule has 0 saturated carbocycles. The molecule has 4 N–H and O–H groups in total. The van der Waals surface area contributed by atoms with Crippen molar-refractivity contribution in [1.29, 1.82) is 0 Å². The number of aromatic carboxylic acids is 1. The summed E-state index contributed by atoms with van der Waals surface area (Å²) in [5.74, 6) is -2.43. The lowest BCUT2D eigenvalue weighted by atomic mass is 9.90. The van der Waals surface area contributed by atoms with Crippen LogP contribution in [0.5, 0.6) is 0 Å². The van der Waals surface area contributed by atoms with Gasteiger partial charge in [-0.25, -0.2) is 9.86 Å². The summed E-state index contributed by atoms with van der Waals surface area (Å²) in [6.45, 7) is 3.64. The SMILES string of the molecule is CCCCC[C@@H](C(=O)NCNC(=O)c1ccoc1-c1cccc(C(=O)O)c1)[C@@H](CC)N(O)C=O. The zero-order valence-corrected chi connectivity index (χ0v) is 19.3. The number of furan rings is 1. The van der Waals surface area contributed by atoms with Crippen LogP contribution in [0, 0.1) is 5.92 Å². The highest BCUT2D eigenvalue weighted by Gasteiger charge is 2.30. The fourth-order valence-electron chi connectivity index (χ4n) is 3.79. The van der Waals surface area contributed by atoms with E-state index in [0.29, 0.717) is 23.5 Å². The van der Waals surface area contributed by atoms with E-state index in [1.165, 1.54) is 24.5 Å². The van der Waals surface area contributed by atoms with Crippen molar-refractivity contribution < 1.29 is 33.9 Å². The van der Waals surface area contributed by atoms with Crippen molar-refractivity contribution in [2.45, 2.75) is 52.0 Å². The number of hydrogen-bond acceptors (Lipinski definition) is 6. The zero-order chi connectivity index (χ0) is 25.1. The average Bonchev–Trinajstić information content (AvgIpc) is 3.33. The molecular weight excluding hydrogens is 442 g/mol. The highest BCUT2D eigenvalue weighted by Crippen LogP contribution is 2.26. The molecule has 0 fully saturated rings. The molecule has 2 atom stereocenters. The topological polar surface area (TPSA) is 149 Å². The lowest BCUT2D eigenvalue weighted by Gasteiger charge is -2.29. The number of nitrogens with zero attached hydrogens (tertiary/aromatic N) is 1. The summed E-state index contributed by atoms with van der Waals surface area (Å²) in [4.78, 5) is 47.8. The van der Waals surface area contributed by atoms with E-state index in [4.69, 9.17) is 4.42 Å². The van der Waals surface area contributed by atoms with Gasteiger partial charge in [0.2, 0.25) is 12.3 Å². The van der Waals surface area contributed by atoms with Gasteiger partial charge in [-0.2, -0.15) is 0 Å². The normalized spacial score (nSPS) is 12.4. The molecule has 1 aromatic carbocycles. The van der Waals surface area contributed by atoms with Crippen LogP contribution in [0.15, 0.2) is 41.0 Å². The molecule has 0 radical (unpaired) electrons. The molecule has 0 saturated heterocycles. The highest BCUT2D eigenvalue weighted by molar-refractivity contribution is 6.00. The first-order valence-electron chi connectivity index (χ1n) is 11.2. The van der Waals surface area contributed by atoms with Crippen LogP contribution in [0.4, 0.5) is 0 Å². The minimum atomic E-state index is -1.10. The van der Waals surface area contributed by atoms with Gasteiger partial charge in [0.05, 0.1) is 36.0 Å². The molecular formula is C24H31N3O7. The maximum atomic E-state index is 12.8. The van der Waals surface area contributed by atoms with Crippen molar-refractivity contribution in [3.05, 3.63) is 47.7 Å². The van der Waals surface area contributed by atoms with Crippen LogP contribution in [0.2, 0.25) is 0 Å². The summed E-state index contributed by atoms with van der Waals surface area (Å²) in [5.41, 5.74) is 0.670. The monoisotopic (exact) mass is 473 g/mol. The smallest absolute Gasteiger partial charge is 0.335 e. The number of amides is 3. The quantitative estimate of drug-likeness (QED) is 0.108. The molecule has 0 aliphatic carbocycles. The van der Waals surface area contributed by atoms with Gasteiger partial charge in [0.1, 0.15) is 5.76 Å². The third-order valence-corrected chi connectivity index (χ3v) is 5.58. The summed E-state index contributed by atoms with van der Waals surface area (Å²) in [6.07, 6.45) is 5.12.